The van der Waals surface area contributed by atoms with Gasteiger partial charge in [0.15, 0.2) is 0 Å². The van der Waals surface area contributed by atoms with Crippen molar-refractivity contribution in [3.05, 3.63) is 73.1 Å². The van der Waals surface area contributed by atoms with Crippen LogP contribution in [0.15, 0.2) is 41.8 Å². The number of non-ortho nitro benzene ring substituents is 1. The van der Waals surface area contributed by atoms with E-state index in [4.69, 9.17) is 4.74 Å². The number of nitro benzene ring substituents is 2. The summed E-state index contributed by atoms with van der Waals surface area (Å²) < 4.78 is 6.78. The molecule has 32 heavy (non-hydrogen) atoms. The normalized spacial score (nSPS) is 10.8. The molecule has 4 aromatic rings. The van der Waals surface area contributed by atoms with Gasteiger partial charge in [0, 0.05) is 22.6 Å². The van der Waals surface area contributed by atoms with Gasteiger partial charge >= 0.3 is 0 Å². The Balaban J connectivity index is 1.69. The van der Waals surface area contributed by atoms with Gasteiger partial charge in [-0.25, -0.2) is 4.52 Å². The molecule has 2 aromatic carbocycles. The lowest BCUT2D eigenvalue weighted by Gasteiger charge is -2.06. The third-order valence-corrected chi connectivity index (χ3v) is 5.51. The first kappa shape index (κ1) is 20.9. The van der Waals surface area contributed by atoms with Crippen molar-refractivity contribution in [1.82, 2.24) is 14.6 Å². The first-order valence-corrected chi connectivity index (χ1v) is 9.90. The smallest absolute Gasteiger partial charge is 0.279 e. The molecule has 0 bridgehead atoms. The minimum absolute atomic E-state index is 0.00353. The molecule has 0 radical (unpaired) electrons. The number of ether oxygens (including phenoxy) is 1. The molecule has 0 spiro atoms. The van der Waals surface area contributed by atoms with E-state index in [2.05, 4.69) is 15.4 Å². The van der Waals surface area contributed by atoms with E-state index in [1.165, 1.54) is 22.8 Å². The molecule has 0 fully saturated rings. The molecule has 0 aliphatic carbocycles. The standard InChI is InChI=1S/C19H14N6O6S/c1-10-14(7-12(24(27)28)8-15(10)25(29)30)17(26)20-18-21-19-23(22-18)16(9-32-19)11-4-3-5-13(6-11)31-2/h3-9H,1-2H3,(H,20,22,26). The Morgan fingerprint density at radius 3 is 2.66 bits per heavy atom. The number of fused-ring (bicyclic) bond motifs is 1. The molecular weight excluding hydrogens is 440 g/mol. The minimum atomic E-state index is -0.797. The summed E-state index contributed by atoms with van der Waals surface area (Å²) >= 11 is 1.30. The summed E-state index contributed by atoms with van der Waals surface area (Å²) in [5, 5.41) is 31.0. The summed E-state index contributed by atoms with van der Waals surface area (Å²) in [4.78, 5) is 38.3. The summed E-state index contributed by atoms with van der Waals surface area (Å²) in [6.07, 6.45) is 0. The van der Waals surface area contributed by atoms with Gasteiger partial charge in [-0.15, -0.1) is 16.4 Å². The highest BCUT2D eigenvalue weighted by Gasteiger charge is 2.25. The lowest BCUT2D eigenvalue weighted by Crippen LogP contribution is -2.16. The molecule has 2 heterocycles. The SMILES string of the molecule is COc1cccc(-c2csc3nc(NC(=O)c4cc([N+](=O)[O-])cc([N+](=O)[O-])c4C)nn23)c1. The zero-order valence-electron chi connectivity index (χ0n) is 16.6. The average Bonchev–Trinajstić information content (AvgIpc) is 3.33. The third-order valence-electron chi connectivity index (χ3n) is 4.69. The zero-order valence-corrected chi connectivity index (χ0v) is 17.5. The van der Waals surface area contributed by atoms with Crippen LogP contribution >= 0.6 is 11.3 Å². The molecule has 0 atom stereocenters. The molecule has 1 amide bonds. The number of aromatic nitrogens is 3. The van der Waals surface area contributed by atoms with E-state index in [-0.39, 0.29) is 17.1 Å². The fraction of sp³-hybridized carbons (Fsp3) is 0.105. The molecule has 0 aliphatic heterocycles. The molecule has 13 heteroatoms. The number of thiazole rings is 1. The maximum absolute atomic E-state index is 12.8. The van der Waals surface area contributed by atoms with Gasteiger partial charge in [-0.2, -0.15) is 4.98 Å². The molecule has 0 saturated carbocycles. The van der Waals surface area contributed by atoms with Crippen molar-refractivity contribution < 1.29 is 19.4 Å². The van der Waals surface area contributed by atoms with Crippen LogP contribution in [0.2, 0.25) is 0 Å². The number of benzene rings is 2. The van der Waals surface area contributed by atoms with E-state index >= 15 is 0 Å². The van der Waals surface area contributed by atoms with Gasteiger partial charge in [0.1, 0.15) is 5.75 Å². The van der Waals surface area contributed by atoms with Crippen molar-refractivity contribution in [3.63, 3.8) is 0 Å². The first-order chi connectivity index (χ1) is 15.3. The van der Waals surface area contributed by atoms with Gasteiger partial charge in [-0.05, 0) is 19.1 Å². The number of methoxy groups -OCH3 is 1. The summed E-state index contributed by atoms with van der Waals surface area (Å²) in [5.41, 5.74) is 0.242. The van der Waals surface area contributed by atoms with Crippen molar-refractivity contribution >= 4 is 39.5 Å². The Hall–Kier alpha value is -4.39. The molecular formula is C19H14N6O6S. The summed E-state index contributed by atoms with van der Waals surface area (Å²) in [7, 11) is 1.56. The third kappa shape index (κ3) is 3.72. The highest BCUT2D eigenvalue weighted by atomic mass is 32.1. The van der Waals surface area contributed by atoms with Gasteiger partial charge in [0.25, 0.3) is 23.2 Å². The predicted octanol–water partition coefficient (Wildman–Crippen LogP) is 3.84. The van der Waals surface area contributed by atoms with E-state index in [1.807, 2.05) is 23.6 Å². The molecule has 12 nitrogen and oxygen atoms in total. The second-order valence-corrected chi connectivity index (χ2v) is 7.43. The van der Waals surface area contributed by atoms with Crippen LogP contribution < -0.4 is 10.1 Å². The van der Waals surface area contributed by atoms with Crippen LogP contribution in [-0.2, 0) is 0 Å². The number of carbonyl (C=O) groups excluding carboxylic acids is 1. The lowest BCUT2D eigenvalue weighted by atomic mass is 10.0. The maximum atomic E-state index is 12.8. The number of anilines is 1. The largest absolute Gasteiger partial charge is 0.497 e. The second kappa shape index (κ2) is 8.03. The number of hydrogen-bond donors (Lipinski definition) is 1. The van der Waals surface area contributed by atoms with Crippen molar-refractivity contribution in [2.75, 3.05) is 12.4 Å². The van der Waals surface area contributed by atoms with E-state index in [9.17, 15) is 25.0 Å². The topological polar surface area (TPSA) is 155 Å². The first-order valence-electron chi connectivity index (χ1n) is 9.02. The fourth-order valence-electron chi connectivity index (χ4n) is 3.10. The Morgan fingerprint density at radius 1 is 1.19 bits per heavy atom. The number of nitrogens with zero attached hydrogens (tertiary/aromatic N) is 5. The van der Waals surface area contributed by atoms with Crippen molar-refractivity contribution in [3.8, 4) is 17.0 Å². The van der Waals surface area contributed by atoms with Gasteiger partial charge < -0.3 is 4.74 Å². The van der Waals surface area contributed by atoms with Crippen molar-refractivity contribution in [1.29, 1.82) is 0 Å². The van der Waals surface area contributed by atoms with E-state index in [0.717, 1.165) is 23.4 Å². The molecule has 0 saturated heterocycles. The monoisotopic (exact) mass is 454 g/mol. The molecule has 0 aliphatic rings. The van der Waals surface area contributed by atoms with Crippen molar-refractivity contribution in [2.45, 2.75) is 6.92 Å². The molecule has 162 valence electrons. The predicted molar refractivity (Wildman–Crippen MR) is 115 cm³/mol. The highest BCUT2D eigenvalue weighted by molar-refractivity contribution is 7.15. The van der Waals surface area contributed by atoms with Crippen LogP contribution in [-0.4, -0.2) is 37.5 Å². The van der Waals surface area contributed by atoms with Gasteiger partial charge in [-0.3, -0.25) is 30.3 Å². The van der Waals surface area contributed by atoms with Crippen molar-refractivity contribution in [2.24, 2.45) is 0 Å². The van der Waals surface area contributed by atoms with Crippen LogP contribution in [0.25, 0.3) is 16.2 Å². The number of hydrogen-bond acceptors (Lipinski definition) is 9. The Kier molecular flexibility index (Phi) is 5.24. The molecule has 2 aromatic heterocycles. The zero-order chi connectivity index (χ0) is 23.0. The molecule has 0 unspecified atom stereocenters. The van der Waals surface area contributed by atoms with Crippen LogP contribution in [0.3, 0.4) is 0 Å². The quantitative estimate of drug-likeness (QED) is 0.340. The highest BCUT2D eigenvalue weighted by Crippen LogP contribution is 2.30. The number of nitrogens with one attached hydrogen (secondary N) is 1. The summed E-state index contributed by atoms with van der Waals surface area (Å²) in [6, 6.07) is 9.13. The average molecular weight is 454 g/mol. The van der Waals surface area contributed by atoms with E-state index < -0.39 is 27.1 Å². The Morgan fingerprint density at radius 2 is 1.97 bits per heavy atom. The summed E-state index contributed by atoms with van der Waals surface area (Å²) in [5.74, 6) is -0.173. The van der Waals surface area contributed by atoms with Gasteiger partial charge in [-0.1, -0.05) is 12.1 Å². The number of rotatable bonds is 6. The Labute approximate surface area is 183 Å². The van der Waals surface area contributed by atoms with Crippen LogP contribution in [0, 0.1) is 27.2 Å². The maximum Gasteiger partial charge on any atom is 0.279 e. The van der Waals surface area contributed by atoms with Crippen LogP contribution in [0.1, 0.15) is 15.9 Å². The van der Waals surface area contributed by atoms with Gasteiger partial charge in [0.05, 0.1) is 34.3 Å². The molecule has 4 rings (SSSR count). The van der Waals surface area contributed by atoms with Gasteiger partial charge in [0.2, 0.25) is 4.96 Å². The Bertz CT molecular complexity index is 1390. The minimum Gasteiger partial charge on any atom is -0.497 e. The fourth-order valence-corrected chi connectivity index (χ4v) is 3.93. The van der Waals surface area contributed by atoms with Crippen LogP contribution in [0.4, 0.5) is 17.3 Å². The number of carbonyl (C=O) groups is 1. The van der Waals surface area contributed by atoms with E-state index in [0.29, 0.717) is 10.7 Å². The molecule has 1 N–H and O–H groups in total. The van der Waals surface area contributed by atoms with E-state index in [1.54, 1.807) is 13.2 Å². The van der Waals surface area contributed by atoms with Crippen LogP contribution in [0.5, 0.6) is 5.75 Å². The number of amides is 1. The number of nitro groups is 2. The summed E-state index contributed by atoms with van der Waals surface area (Å²) in [6.45, 7) is 1.34. The lowest BCUT2D eigenvalue weighted by molar-refractivity contribution is -0.394. The second-order valence-electron chi connectivity index (χ2n) is 6.59.